The molecule has 0 fully saturated rings. The van der Waals surface area contributed by atoms with E-state index in [1.807, 2.05) is 0 Å². The molecular formula is C4H9INSi2. The van der Waals surface area contributed by atoms with Gasteiger partial charge in [0, 0.05) is 0 Å². The fraction of sp³-hybridized carbons (Fsp3) is 1.00. The van der Waals surface area contributed by atoms with E-state index < -0.39 is 0 Å². The molecule has 0 unspecified atom stereocenters. The minimum atomic E-state index is 0.759. The molecule has 0 bridgehead atoms. The number of rotatable bonds is 3. The van der Waals surface area contributed by atoms with Crippen LogP contribution >= 0.6 is 21.8 Å². The zero-order chi connectivity index (χ0) is 6.57. The average molecular weight is 254 g/mol. The van der Waals surface area contributed by atoms with Crippen LogP contribution in [0.15, 0.2) is 0 Å². The summed E-state index contributed by atoms with van der Waals surface area (Å²) < 4.78 is 2.14. The summed E-state index contributed by atoms with van der Waals surface area (Å²) in [6.07, 6.45) is 0. The summed E-state index contributed by atoms with van der Waals surface area (Å²) in [6.45, 7) is 5.56. The van der Waals surface area contributed by atoms with Gasteiger partial charge in [-0.1, -0.05) is 13.8 Å². The van der Waals surface area contributed by atoms with Gasteiger partial charge in [-0.2, -0.15) is 0 Å². The maximum Gasteiger partial charge on any atom is 0.223 e. The molecule has 0 rings (SSSR count). The maximum atomic E-state index is 3.46. The third kappa shape index (κ3) is 5.26. The highest BCUT2D eigenvalue weighted by atomic mass is 127. The van der Waals surface area contributed by atoms with Crippen molar-refractivity contribution in [1.29, 1.82) is 0 Å². The Bertz CT molecular complexity index is 60.0. The van der Waals surface area contributed by atoms with Gasteiger partial charge in [0.25, 0.3) is 0 Å². The molecule has 4 heteroatoms. The molecular weight excluding hydrogens is 245 g/mol. The van der Waals surface area contributed by atoms with Gasteiger partial charge in [-0.3, -0.25) is 0 Å². The van der Waals surface area contributed by atoms with Crippen molar-refractivity contribution in [2.75, 3.05) is 6.54 Å². The maximum absolute atomic E-state index is 3.46. The molecule has 5 radical (unpaired) electrons. The van der Waals surface area contributed by atoms with Crippen LogP contribution in [0.4, 0.5) is 0 Å². The zero-order valence-electron chi connectivity index (χ0n) is 5.11. The Kier molecular flexibility index (Phi) is 5.65. The predicted octanol–water partition coefficient (Wildman–Crippen LogP) is 0.997. The number of hydrogen-bond acceptors (Lipinski definition) is 1. The first-order chi connectivity index (χ1) is 3.66. The average Bonchev–Trinajstić information content (AvgIpc) is 1.65. The third-order valence-corrected chi connectivity index (χ3v) is 4.67. The van der Waals surface area contributed by atoms with Gasteiger partial charge in [0.05, 0.1) is 0 Å². The van der Waals surface area contributed by atoms with E-state index in [4.69, 9.17) is 0 Å². The molecule has 0 aromatic heterocycles. The molecule has 0 aromatic rings. The summed E-state index contributed by atoms with van der Waals surface area (Å²) in [5.74, 6) is 0.759. The van der Waals surface area contributed by atoms with E-state index >= 15 is 0 Å². The van der Waals surface area contributed by atoms with E-state index in [1.165, 1.54) is 0 Å². The Labute approximate surface area is 69.8 Å². The van der Waals surface area contributed by atoms with Crippen LogP contribution in [-0.2, 0) is 0 Å². The Morgan fingerprint density at radius 3 is 2.38 bits per heavy atom. The van der Waals surface area contributed by atoms with E-state index in [0.717, 1.165) is 19.6 Å². The second-order valence-electron chi connectivity index (χ2n) is 2.09. The molecule has 0 atom stereocenters. The van der Waals surface area contributed by atoms with Gasteiger partial charge in [0.1, 0.15) is 10.4 Å². The second-order valence-corrected chi connectivity index (χ2v) is 5.23. The van der Waals surface area contributed by atoms with Gasteiger partial charge in [-0.05, 0) is 12.5 Å². The van der Waals surface area contributed by atoms with Crippen LogP contribution in [0, 0.1) is 5.92 Å². The van der Waals surface area contributed by atoms with Crippen LogP contribution in [0.25, 0.3) is 0 Å². The Morgan fingerprint density at radius 1 is 1.75 bits per heavy atom. The molecule has 0 saturated heterocycles. The van der Waals surface area contributed by atoms with Crippen molar-refractivity contribution in [3.8, 4) is 0 Å². The van der Waals surface area contributed by atoms with Crippen molar-refractivity contribution in [3.05, 3.63) is 0 Å². The van der Waals surface area contributed by atoms with Crippen LogP contribution in [0.3, 0.4) is 0 Å². The highest BCUT2D eigenvalue weighted by Crippen LogP contribution is 1.94. The van der Waals surface area contributed by atoms with Crippen molar-refractivity contribution in [2.45, 2.75) is 13.8 Å². The van der Waals surface area contributed by atoms with E-state index in [2.05, 4.69) is 50.3 Å². The largest absolute Gasteiger partial charge is 0.342 e. The van der Waals surface area contributed by atoms with E-state index in [9.17, 15) is 0 Å². The van der Waals surface area contributed by atoms with Gasteiger partial charge in [-0.25, -0.2) is 0 Å². The van der Waals surface area contributed by atoms with Crippen molar-refractivity contribution in [1.82, 2.24) is 4.23 Å². The molecule has 0 aliphatic rings. The lowest BCUT2D eigenvalue weighted by molar-refractivity contribution is 0.535. The lowest BCUT2D eigenvalue weighted by atomic mass is 10.2. The summed E-state index contributed by atoms with van der Waals surface area (Å²) in [5.41, 5.74) is 0. The number of halogens is 1. The standard InChI is InChI=1S/C4H9INSi2/c1-4(2)3-6(7)8-5/h4H,3H2,1-2H3. The molecule has 0 aliphatic carbocycles. The van der Waals surface area contributed by atoms with Gasteiger partial charge in [0.15, 0.2) is 0 Å². The number of hydrogen-bond donors (Lipinski definition) is 0. The lowest BCUT2D eigenvalue weighted by Gasteiger charge is -2.13. The molecule has 0 aromatic carbocycles. The minimum Gasteiger partial charge on any atom is -0.342 e. The fourth-order valence-corrected chi connectivity index (χ4v) is 1.79. The van der Waals surface area contributed by atoms with Crippen molar-refractivity contribution in [2.24, 2.45) is 5.92 Å². The minimum absolute atomic E-state index is 0.759. The van der Waals surface area contributed by atoms with Gasteiger partial charge in [-0.15, -0.1) is 21.8 Å². The predicted molar refractivity (Wildman–Crippen MR) is 47.1 cm³/mol. The van der Waals surface area contributed by atoms with Crippen LogP contribution < -0.4 is 0 Å². The highest BCUT2D eigenvalue weighted by Gasteiger charge is 1.98. The summed E-state index contributed by atoms with van der Waals surface area (Å²) in [7, 11) is 4.30. The molecule has 8 heavy (non-hydrogen) atoms. The zero-order valence-corrected chi connectivity index (χ0v) is 9.27. The normalized spacial score (nSPS) is 11.2. The molecule has 1 nitrogen and oxygen atoms in total. The van der Waals surface area contributed by atoms with E-state index in [0.29, 0.717) is 0 Å². The summed E-state index contributed by atoms with van der Waals surface area (Å²) in [5, 5.41) is 0. The van der Waals surface area contributed by atoms with Crippen molar-refractivity contribution < 1.29 is 0 Å². The second kappa shape index (κ2) is 4.95. The Hall–Kier alpha value is 1.12. The van der Waals surface area contributed by atoms with Gasteiger partial charge < -0.3 is 4.23 Å². The molecule has 0 aliphatic heterocycles. The molecule has 0 amide bonds. The summed E-state index contributed by atoms with van der Waals surface area (Å²) in [6, 6.07) is 0. The third-order valence-electron chi connectivity index (χ3n) is 0.650. The molecule has 0 N–H and O–H groups in total. The van der Waals surface area contributed by atoms with E-state index in [1.54, 1.807) is 0 Å². The smallest absolute Gasteiger partial charge is 0.223 e. The molecule has 0 spiro atoms. The quantitative estimate of drug-likeness (QED) is 0.412. The number of nitrogens with zero attached hydrogens (tertiary/aromatic N) is 1. The monoisotopic (exact) mass is 254 g/mol. The lowest BCUT2D eigenvalue weighted by Crippen LogP contribution is -2.25. The first kappa shape index (κ1) is 9.12. The van der Waals surface area contributed by atoms with Crippen LogP contribution in [0.1, 0.15) is 13.8 Å². The summed E-state index contributed by atoms with van der Waals surface area (Å²) >= 11 is 2.35. The molecule has 0 saturated carbocycles. The topological polar surface area (TPSA) is 3.24 Å². The van der Waals surface area contributed by atoms with Crippen LogP contribution in [-0.4, -0.2) is 28.4 Å². The van der Waals surface area contributed by atoms with Gasteiger partial charge >= 0.3 is 0 Å². The molecule has 0 heterocycles. The van der Waals surface area contributed by atoms with Crippen LogP contribution in [0.5, 0.6) is 0 Å². The van der Waals surface area contributed by atoms with Crippen LogP contribution in [0.2, 0.25) is 0 Å². The van der Waals surface area contributed by atoms with Gasteiger partial charge in [0.2, 0.25) is 7.18 Å². The Balaban J connectivity index is 3.10. The highest BCUT2D eigenvalue weighted by molar-refractivity contribution is 14.1. The first-order valence-corrected chi connectivity index (χ1v) is 7.02. The molecule has 45 valence electrons. The summed E-state index contributed by atoms with van der Waals surface area (Å²) in [4.78, 5) is 0. The van der Waals surface area contributed by atoms with Crippen molar-refractivity contribution >= 4 is 39.4 Å². The SMILES string of the molecule is CC(C)CN([Si])[Si]I. The van der Waals surface area contributed by atoms with Crippen molar-refractivity contribution in [3.63, 3.8) is 0 Å². The first-order valence-electron chi connectivity index (χ1n) is 2.52. The Morgan fingerprint density at radius 2 is 2.25 bits per heavy atom. The fourth-order valence-electron chi connectivity index (χ4n) is 0.400. The van der Waals surface area contributed by atoms with E-state index in [-0.39, 0.29) is 0 Å².